The molecule has 0 radical (unpaired) electrons. The molecule has 0 saturated heterocycles. The minimum absolute atomic E-state index is 0.120. The van der Waals surface area contributed by atoms with Crippen molar-refractivity contribution in [1.82, 2.24) is 4.98 Å². The van der Waals surface area contributed by atoms with Gasteiger partial charge in [-0.05, 0) is 58.7 Å². The van der Waals surface area contributed by atoms with E-state index in [2.05, 4.69) is 31.0 Å². The summed E-state index contributed by atoms with van der Waals surface area (Å²) in [5.41, 5.74) is -2.29. The zero-order chi connectivity index (χ0) is 29.3. The lowest BCUT2D eigenvalue weighted by Crippen LogP contribution is -2.37. The van der Waals surface area contributed by atoms with Crippen LogP contribution in [-0.4, -0.2) is 46.1 Å². The summed E-state index contributed by atoms with van der Waals surface area (Å²) in [5, 5.41) is 1.35. The molecule has 0 unspecified atom stereocenters. The average molecular weight is 619 g/mol. The summed E-state index contributed by atoms with van der Waals surface area (Å²) in [7, 11) is 4.71. The van der Waals surface area contributed by atoms with Crippen LogP contribution < -0.4 is 19.5 Å². The second kappa shape index (κ2) is 11.0. The summed E-state index contributed by atoms with van der Waals surface area (Å²) in [6, 6.07) is 5.12. The molecule has 1 amide bonds. The molecule has 1 aromatic heterocycles. The number of hydrogen-bond donors (Lipinski definition) is 1. The summed E-state index contributed by atoms with van der Waals surface area (Å²) in [6.07, 6.45) is -8.81. The zero-order valence-electron chi connectivity index (χ0n) is 20.6. The summed E-state index contributed by atoms with van der Waals surface area (Å²) in [4.78, 5) is 17.1. The van der Waals surface area contributed by atoms with Gasteiger partial charge in [0.05, 0.1) is 5.56 Å². The highest BCUT2D eigenvalue weighted by Crippen LogP contribution is 2.41. The Hall–Kier alpha value is -3.36. The van der Waals surface area contributed by atoms with Gasteiger partial charge in [-0.2, -0.15) is 13.2 Å². The molecule has 1 heterocycles. The number of ether oxygens (including phenoxy) is 3. The second-order valence-electron chi connectivity index (χ2n) is 9.05. The smallest absolute Gasteiger partial charge is 0.510 e. The van der Waals surface area contributed by atoms with E-state index in [1.807, 2.05) is 0 Å². The van der Waals surface area contributed by atoms with Crippen molar-refractivity contribution in [2.24, 2.45) is 0 Å². The van der Waals surface area contributed by atoms with E-state index in [-0.39, 0.29) is 21.8 Å². The SMILES string of the molecule is BC(B)(B)Oc1cc(OC(F)(F)F)ccc1Oc1ccc(C(F)(F)F)c(F)c1C(=O)Nc1cc(Br)ncc1C. The summed E-state index contributed by atoms with van der Waals surface area (Å²) >= 11 is 3.10. The predicted octanol–water partition coefficient (Wildman–Crippen LogP) is 4.14. The quantitative estimate of drug-likeness (QED) is 0.245. The number of carbonyl (C=O) groups excluding carboxylic acids is 1. The monoisotopic (exact) mass is 618 g/mol. The van der Waals surface area contributed by atoms with Crippen LogP contribution in [-0.2, 0) is 6.18 Å². The molecule has 3 aromatic rings. The van der Waals surface area contributed by atoms with Gasteiger partial charge in [0, 0.05) is 23.2 Å². The van der Waals surface area contributed by atoms with Crippen molar-refractivity contribution in [3.05, 3.63) is 69.7 Å². The maximum absolute atomic E-state index is 15.2. The Balaban J connectivity index is 2.13. The van der Waals surface area contributed by atoms with Crippen LogP contribution in [0.5, 0.6) is 23.0 Å². The van der Waals surface area contributed by atoms with Gasteiger partial charge in [0.1, 0.15) is 45.2 Å². The molecule has 0 aliphatic rings. The Bertz CT molecular complexity index is 1400. The number of carbonyl (C=O) groups is 1. The fraction of sp³-hybridized carbons (Fsp3) is 0.182. The van der Waals surface area contributed by atoms with Gasteiger partial charge in [0.2, 0.25) is 0 Å². The number of pyridine rings is 1. The second-order valence-corrected chi connectivity index (χ2v) is 9.86. The lowest BCUT2D eigenvalue weighted by Gasteiger charge is -2.25. The Kier molecular flexibility index (Phi) is 8.53. The maximum atomic E-state index is 15.2. The molecule has 39 heavy (non-hydrogen) atoms. The molecule has 6 nitrogen and oxygen atoms in total. The summed E-state index contributed by atoms with van der Waals surface area (Å²) in [6.45, 7) is 1.55. The van der Waals surface area contributed by atoms with Gasteiger partial charge in [0.15, 0.2) is 17.3 Å². The first-order chi connectivity index (χ1) is 17.8. The van der Waals surface area contributed by atoms with Crippen LogP contribution in [0.4, 0.5) is 36.4 Å². The molecule has 0 aliphatic carbocycles. The van der Waals surface area contributed by atoms with E-state index in [0.717, 1.165) is 24.3 Å². The number of aryl methyl sites for hydroxylation is 1. The third kappa shape index (κ3) is 8.07. The number of hydrogen-bond acceptors (Lipinski definition) is 5. The molecule has 1 N–H and O–H groups in total. The lowest BCUT2D eigenvalue weighted by molar-refractivity contribution is -0.274. The average Bonchev–Trinajstić information content (AvgIpc) is 2.75. The summed E-state index contributed by atoms with van der Waals surface area (Å²) < 4.78 is 109. The molecule has 204 valence electrons. The molecule has 2 aromatic carbocycles. The molecule has 17 heteroatoms. The van der Waals surface area contributed by atoms with E-state index >= 15 is 4.39 Å². The highest BCUT2D eigenvalue weighted by molar-refractivity contribution is 9.10. The van der Waals surface area contributed by atoms with Crippen molar-refractivity contribution in [3.8, 4) is 23.0 Å². The molecule has 0 spiro atoms. The van der Waals surface area contributed by atoms with E-state index < -0.39 is 52.2 Å². The van der Waals surface area contributed by atoms with Crippen LogP contribution >= 0.6 is 15.9 Å². The van der Waals surface area contributed by atoms with Gasteiger partial charge in [0.25, 0.3) is 5.91 Å². The zero-order valence-corrected chi connectivity index (χ0v) is 22.2. The number of anilines is 1. The van der Waals surface area contributed by atoms with E-state index in [1.54, 1.807) is 30.5 Å². The normalized spacial score (nSPS) is 12.1. The third-order valence-electron chi connectivity index (χ3n) is 4.74. The Morgan fingerprint density at radius 2 is 1.59 bits per heavy atom. The minimum atomic E-state index is -5.15. The van der Waals surface area contributed by atoms with Crippen molar-refractivity contribution in [2.75, 3.05) is 5.32 Å². The van der Waals surface area contributed by atoms with Crippen LogP contribution in [0.1, 0.15) is 21.5 Å². The highest BCUT2D eigenvalue weighted by Gasteiger charge is 2.38. The molecule has 0 atom stereocenters. The first kappa shape index (κ1) is 30.2. The largest absolute Gasteiger partial charge is 0.573 e. The Labute approximate surface area is 228 Å². The van der Waals surface area contributed by atoms with Gasteiger partial charge in [-0.3, -0.25) is 4.79 Å². The van der Waals surface area contributed by atoms with Crippen molar-refractivity contribution in [3.63, 3.8) is 0 Å². The van der Waals surface area contributed by atoms with E-state index in [9.17, 15) is 31.1 Å². The number of halogens is 8. The van der Waals surface area contributed by atoms with Gasteiger partial charge < -0.3 is 19.5 Å². The third-order valence-corrected chi connectivity index (χ3v) is 5.17. The predicted molar refractivity (Wildman–Crippen MR) is 138 cm³/mol. The minimum Gasteiger partial charge on any atom is -0.510 e. The number of alkyl halides is 6. The summed E-state index contributed by atoms with van der Waals surface area (Å²) in [5.74, 6) is -5.18. The number of rotatable bonds is 7. The molecular formula is C22H17B3BrF7N2O4. The van der Waals surface area contributed by atoms with Gasteiger partial charge in [-0.1, -0.05) is 0 Å². The van der Waals surface area contributed by atoms with Crippen molar-refractivity contribution in [2.45, 2.75) is 24.8 Å². The maximum Gasteiger partial charge on any atom is 0.573 e. The lowest BCUT2D eigenvalue weighted by atomic mass is 9.52. The number of benzene rings is 2. The molecule has 0 saturated carbocycles. The van der Waals surface area contributed by atoms with E-state index in [4.69, 9.17) is 9.47 Å². The Morgan fingerprint density at radius 3 is 2.18 bits per heavy atom. The fourth-order valence-electron chi connectivity index (χ4n) is 3.19. The van der Waals surface area contributed by atoms with Crippen LogP contribution in [0.2, 0.25) is 0 Å². The van der Waals surface area contributed by atoms with Gasteiger partial charge in [-0.25, -0.2) is 9.37 Å². The van der Waals surface area contributed by atoms with E-state index in [0.29, 0.717) is 11.6 Å². The van der Waals surface area contributed by atoms with Crippen LogP contribution in [0.25, 0.3) is 0 Å². The van der Waals surface area contributed by atoms with Crippen molar-refractivity contribution >= 4 is 51.1 Å². The number of nitrogens with one attached hydrogen (secondary N) is 1. The molecular weight excluding hydrogens is 602 g/mol. The standard InChI is InChI=1S/C22H17B3BrF7N2O4/c1-9-8-34-16(26)7-12(9)35-19(36)17-14(5-3-11(18(17)27)20(28,29)30)37-13-4-2-10(38-22(31,32)33)6-15(13)39-21(23,24)25/h2-8H,23-25H2,1H3,(H,34,35,36). The van der Waals surface area contributed by atoms with Gasteiger partial charge in [-0.15, -0.1) is 13.2 Å². The number of aromatic nitrogens is 1. The van der Waals surface area contributed by atoms with Crippen LogP contribution in [0, 0.1) is 12.7 Å². The number of amides is 1. The van der Waals surface area contributed by atoms with Crippen molar-refractivity contribution < 1.29 is 49.7 Å². The first-order valence-corrected chi connectivity index (χ1v) is 11.7. The molecule has 0 bridgehead atoms. The van der Waals surface area contributed by atoms with Crippen LogP contribution in [0.15, 0.2) is 47.2 Å². The molecule has 0 aliphatic heterocycles. The fourth-order valence-corrected chi connectivity index (χ4v) is 3.52. The van der Waals surface area contributed by atoms with Gasteiger partial charge >= 0.3 is 12.5 Å². The number of nitrogens with zero attached hydrogens (tertiary/aromatic N) is 1. The highest BCUT2D eigenvalue weighted by atomic mass is 79.9. The molecule has 3 rings (SSSR count). The topological polar surface area (TPSA) is 69.7 Å². The first-order valence-electron chi connectivity index (χ1n) is 10.9. The van der Waals surface area contributed by atoms with E-state index in [1.165, 1.54) is 12.3 Å². The molecule has 0 fully saturated rings. The van der Waals surface area contributed by atoms with Crippen molar-refractivity contribution in [1.29, 1.82) is 0 Å². The Morgan fingerprint density at radius 1 is 0.949 bits per heavy atom. The van der Waals surface area contributed by atoms with Crippen LogP contribution in [0.3, 0.4) is 0 Å².